The maximum Gasteiger partial charge on any atom is 0.240 e. The Kier molecular flexibility index (Phi) is 6.10. The molecule has 0 saturated heterocycles. The molecule has 2 aromatic carbocycles. The zero-order valence-electron chi connectivity index (χ0n) is 17.1. The van der Waals surface area contributed by atoms with Gasteiger partial charge in [-0.15, -0.1) is 0 Å². The van der Waals surface area contributed by atoms with Crippen molar-refractivity contribution in [2.24, 2.45) is 0 Å². The van der Waals surface area contributed by atoms with Gasteiger partial charge in [-0.05, 0) is 68.1 Å². The highest BCUT2D eigenvalue weighted by Gasteiger charge is 2.17. The highest BCUT2D eigenvalue weighted by Crippen LogP contribution is 2.25. The summed E-state index contributed by atoms with van der Waals surface area (Å²) in [6.07, 6.45) is 1.78. The van der Waals surface area contributed by atoms with E-state index in [0.717, 1.165) is 33.2 Å². The number of nitrogens with one attached hydrogen (secondary N) is 2. The number of hydrogen-bond donors (Lipinski definition) is 2. The van der Waals surface area contributed by atoms with Crippen molar-refractivity contribution < 1.29 is 17.6 Å². The highest BCUT2D eigenvalue weighted by atomic mass is 32.2. The van der Waals surface area contributed by atoms with E-state index in [4.69, 9.17) is 4.42 Å². The van der Waals surface area contributed by atoms with Gasteiger partial charge in [0.1, 0.15) is 5.58 Å². The Bertz CT molecular complexity index is 1160. The molecule has 0 aliphatic carbocycles. The minimum Gasteiger partial charge on any atom is -0.464 e. The molecular weight excluding hydrogens is 388 g/mol. The van der Waals surface area contributed by atoms with Gasteiger partial charge in [0.25, 0.3) is 0 Å². The van der Waals surface area contributed by atoms with E-state index in [-0.39, 0.29) is 30.3 Å². The molecule has 29 heavy (non-hydrogen) atoms. The predicted octanol–water partition coefficient (Wildman–Crippen LogP) is 3.30. The Morgan fingerprint density at radius 3 is 2.45 bits per heavy atom. The van der Waals surface area contributed by atoms with Crippen LogP contribution in [0.1, 0.15) is 27.8 Å². The molecule has 0 aliphatic rings. The fraction of sp³-hybridized carbons (Fsp3) is 0.318. The molecule has 0 unspecified atom stereocenters. The second kappa shape index (κ2) is 8.39. The number of hydrogen-bond acceptors (Lipinski definition) is 4. The zero-order valence-corrected chi connectivity index (χ0v) is 17.9. The van der Waals surface area contributed by atoms with Crippen molar-refractivity contribution in [3.63, 3.8) is 0 Å². The van der Waals surface area contributed by atoms with Gasteiger partial charge in [0.2, 0.25) is 15.9 Å². The molecule has 7 heteroatoms. The molecule has 3 aromatic rings. The van der Waals surface area contributed by atoms with Crippen LogP contribution in [0.2, 0.25) is 0 Å². The highest BCUT2D eigenvalue weighted by molar-refractivity contribution is 7.89. The number of carbonyl (C=O) groups excluding carboxylic acids is 1. The molecule has 1 aromatic heterocycles. The van der Waals surface area contributed by atoms with Crippen LogP contribution in [0, 0.1) is 27.7 Å². The van der Waals surface area contributed by atoms with E-state index in [0.29, 0.717) is 5.56 Å². The van der Waals surface area contributed by atoms with Crippen molar-refractivity contribution in [2.75, 3.05) is 13.1 Å². The third kappa shape index (κ3) is 4.86. The number of sulfonamides is 1. The normalized spacial score (nSPS) is 11.7. The van der Waals surface area contributed by atoms with Gasteiger partial charge in [-0.2, -0.15) is 0 Å². The van der Waals surface area contributed by atoms with Crippen molar-refractivity contribution in [3.05, 3.63) is 64.4 Å². The first-order valence-corrected chi connectivity index (χ1v) is 11.0. The van der Waals surface area contributed by atoms with E-state index >= 15 is 0 Å². The molecule has 1 heterocycles. The lowest BCUT2D eigenvalue weighted by Crippen LogP contribution is -2.35. The number of amides is 1. The van der Waals surface area contributed by atoms with E-state index in [1.807, 2.05) is 39.0 Å². The van der Waals surface area contributed by atoms with Gasteiger partial charge < -0.3 is 9.73 Å². The fourth-order valence-corrected chi connectivity index (χ4v) is 4.53. The summed E-state index contributed by atoms with van der Waals surface area (Å²) < 4.78 is 33.0. The molecule has 0 fully saturated rings. The van der Waals surface area contributed by atoms with E-state index in [2.05, 4.69) is 10.0 Å². The average molecular weight is 415 g/mol. The predicted molar refractivity (Wildman–Crippen MR) is 114 cm³/mol. The molecule has 0 atom stereocenters. The van der Waals surface area contributed by atoms with Crippen LogP contribution in [0.4, 0.5) is 0 Å². The molecular formula is C22H26N2O4S. The molecule has 1 amide bonds. The van der Waals surface area contributed by atoms with Crippen LogP contribution in [0.25, 0.3) is 11.0 Å². The Labute approximate surface area is 171 Å². The van der Waals surface area contributed by atoms with Crippen LogP contribution in [0.5, 0.6) is 0 Å². The largest absolute Gasteiger partial charge is 0.464 e. The van der Waals surface area contributed by atoms with E-state index in [1.54, 1.807) is 25.3 Å². The van der Waals surface area contributed by atoms with Gasteiger partial charge in [0.15, 0.2) is 0 Å². The van der Waals surface area contributed by atoms with Gasteiger partial charge >= 0.3 is 0 Å². The Morgan fingerprint density at radius 2 is 1.69 bits per heavy atom. The Morgan fingerprint density at radius 1 is 0.966 bits per heavy atom. The third-order valence-electron chi connectivity index (χ3n) is 4.99. The van der Waals surface area contributed by atoms with Gasteiger partial charge in [0.05, 0.1) is 17.6 Å². The number of rotatable bonds is 7. The lowest BCUT2D eigenvalue weighted by Gasteiger charge is -2.10. The van der Waals surface area contributed by atoms with E-state index < -0.39 is 10.0 Å². The van der Waals surface area contributed by atoms with Crippen LogP contribution in [0.15, 0.2) is 45.9 Å². The van der Waals surface area contributed by atoms with Crippen LogP contribution in [-0.2, 0) is 21.2 Å². The Balaban J connectivity index is 1.55. The maximum absolute atomic E-state index is 12.5. The molecule has 0 spiro atoms. The van der Waals surface area contributed by atoms with Gasteiger partial charge in [-0.3, -0.25) is 4.79 Å². The van der Waals surface area contributed by atoms with Crippen LogP contribution in [-0.4, -0.2) is 27.4 Å². The van der Waals surface area contributed by atoms with Gasteiger partial charge in [-0.1, -0.05) is 12.1 Å². The monoisotopic (exact) mass is 414 g/mol. The van der Waals surface area contributed by atoms with Crippen LogP contribution in [0.3, 0.4) is 0 Å². The molecule has 0 bridgehead atoms. The zero-order chi connectivity index (χ0) is 21.2. The summed E-state index contributed by atoms with van der Waals surface area (Å²) in [5, 5.41) is 3.68. The standard InChI is InChI=1S/C22H26N2O4S/c1-14-5-6-15(2)21(9-14)29(26,27)24-8-7-23-22(25)12-18-13-28-20-11-17(4)16(3)10-19(18)20/h5-6,9-11,13,24H,7-8,12H2,1-4H3,(H,23,25). The average Bonchev–Trinajstić information content (AvgIpc) is 3.02. The van der Waals surface area contributed by atoms with Crippen molar-refractivity contribution in [3.8, 4) is 0 Å². The lowest BCUT2D eigenvalue weighted by molar-refractivity contribution is -0.120. The van der Waals surface area contributed by atoms with E-state index in [1.165, 1.54) is 0 Å². The summed E-state index contributed by atoms with van der Waals surface area (Å²) in [5.41, 5.74) is 5.42. The van der Waals surface area contributed by atoms with Crippen LogP contribution >= 0.6 is 0 Å². The fourth-order valence-electron chi connectivity index (χ4n) is 3.17. The summed E-state index contributed by atoms with van der Waals surface area (Å²) in [5.74, 6) is -0.183. The van der Waals surface area contributed by atoms with Gasteiger partial charge in [-0.25, -0.2) is 13.1 Å². The van der Waals surface area contributed by atoms with Crippen molar-refractivity contribution >= 4 is 26.9 Å². The Hall–Kier alpha value is -2.64. The molecule has 2 N–H and O–H groups in total. The topological polar surface area (TPSA) is 88.4 Å². The van der Waals surface area contributed by atoms with Gasteiger partial charge in [0, 0.05) is 24.0 Å². The second-order valence-electron chi connectivity index (χ2n) is 7.39. The molecule has 154 valence electrons. The van der Waals surface area contributed by atoms with Crippen LogP contribution < -0.4 is 10.0 Å². The summed E-state index contributed by atoms with van der Waals surface area (Å²) in [6, 6.07) is 9.29. The first kappa shape index (κ1) is 21.1. The summed E-state index contributed by atoms with van der Waals surface area (Å²) >= 11 is 0. The van der Waals surface area contributed by atoms with Crippen molar-refractivity contribution in [1.82, 2.24) is 10.0 Å². The molecule has 0 saturated carbocycles. The smallest absolute Gasteiger partial charge is 0.240 e. The molecule has 6 nitrogen and oxygen atoms in total. The first-order valence-electron chi connectivity index (χ1n) is 9.48. The van der Waals surface area contributed by atoms with E-state index in [9.17, 15) is 13.2 Å². The number of carbonyl (C=O) groups is 1. The molecule has 3 rings (SSSR count). The van der Waals surface area contributed by atoms with Crippen molar-refractivity contribution in [1.29, 1.82) is 0 Å². The maximum atomic E-state index is 12.5. The quantitative estimate of drug-likeness (QED) is 0.581. The van der Waals surface area contributed by atoms with Crippen molar-refractivity contribution in [2.45, 2.75) is 39.0 Å². The lowest BCUT2D eigenvalue weighted by atomic mass is 10.0. The molecule has 0 radical (unpaired) electrons. The number of benzene rings is 2. The number of fused-ring (bicyclic) bond motifs is 1. The number of aryl methyl sites for hydroxylation is 4. The SMILES string of the molecule is Cc1ccc(C)c(S(=O)(=O)NCCNC(=O)Cc2coc3cc(C)c(C)cc23)c1. The summed E-state index contributed by atoms with van der Waals surface area (Å²) in [4.78, 5) is 12.5. The third-order valence-corrected chi connectivity index (χ3v) is 6.60. The number of furan rings is 1. The molecule has 0 aliphatic heterocycles. The summed E-state index contributed by atoms with van der Waals surface area (Å²) in [6.45, 7) is 7.97. The summed E-state index contributed by atoms with van der Waals surface area (Å²) in [7, 11) is -3.62. The first-order chi connectivity index (χ1) is 13.7. The minimum atomic E-state index is -3.62. The minimum absolute atomic E-state index is 0.117. The second-order valence-corrected chi connectivity index (χ2v) is 9.12.